The van der Waals surface area contributed by atoms with Crippen molar-refractivity contribution in [3.05, 3.63) is 0 Å². The van der Waals surface area contributed by atoms with Crippen LogP contribution in [-0.2, 0) is 23.7 Å². The Kier molecular flexibility index (Phi) is 3.19. The van der Waals surface area contributed by atoms with Gasteiger partial charge in [-0.05, 0) is 27.7 Å². The fraction of sp³-hybridized carbons (Fsp3) is 1.00. The molecule has 5 heteroatoms. The maximum absolute atomic E-state index is 6.49. The first kappa shape index (κ1) is 14.4. The number of ether oxygens (including phenoxy) is 5. The van der Waals surface area contributed by atoms with E-state index in [0.29, 0.717) is 24.4 Å². The standard InChI is InChI=1S/C16H26O5/c1-9-11(19-9)5-13(15(3)7-17-15)21-14(16(4)8-18-16)6-12-10(2)20-12/h9-14H,5-8H2,1-4H3. The second-order valence-electron chi connectivity index (χ2n) is 7.55. The van der Waals surface area contributed by atoms with Crippen molar-refractivity contribution in [2.75, 3.05) is 13.2 Å². The molecule has 4 rings (SSSR count). The predicted molar refractivity (Wildman–Crippen MR) is 75.3 cm³/mol. The third-order valence-corrected chi connectivity index (χ3v) is 5.46. The summed E-state index contributed by atoms with van der Waals surface area (Å²) < 4.78 is 28.9. The summed E-state index contributed by atoms with van der Waals surface area (Å²) in [6.45, 7) is 10.0. The lowest BCUT2D eigenvalue weighted by Crippen LogP contribution is -2.41. The van der Waals surface area contributed by atoms with E-state index < -0.39 is 0 Å². The van der Waals surface area contributed by atoms with Crippen LogP contribution in [0.15, 0.2) is 0 Å². The Bertz CT molecular complexity index is 379. The maximum Gasteiger partial charge on any atom is 0.115 e. The summed E-state index contributed by atoms with van der Waals surface area (Å²) in [5.74, 6) is 0. The van der Waals surface area contributed by atoms with Crippen molar-refractivity contribution in [2.45, 2.75) is 88.4 Å². The van der Waals surface area contributed by atoms with Gasteiger partial charge in [-0.1, -0.05) is 0 Å². The lowest BCUT2D eigenvalue weighted by molar-refractivity contribution is -0.0882. The molecule has 0 spiro atoms. The highest BCUT2D eigenvalue weighted by Crippen LogP contribution is 2.44. The summed E-state index contributed by atoms with van der Waals surface area (Å²) in [6.07, 6.45) is 3.32. The van der Waals surface area contributed by atoms with Crippen LogP contribution >= 0.6 is 0 Å². The van der Waals surface area contributed by atoms with Gasteiger partial charge in [-0.2, -0.15) is 0 Å². The summed E-state index contributed by atoms with van der Waals surface area (Å²) in [7, 11) is 0. The van der Waals surface area contributed by atoms with E-state index >= 15 is 0 Å². The van der Waals surface area contributed by atoms with Crippen molar-refractivity contribution in [3.8, 4) is 0 Å². The van der Waals surface area contributed by atoms with Gasteiger partial charge in [0, 0.05) is 12.8 Å². The van der Waals surface area contributed by atoms with Gasteiger partial charge in [0.15, 0.2) is 0 Å². The lowest BCUT2D eigenvalue weighted by Gasteiger charge is -2.29. The van der Waals surface area contributed by atoms with Crippen molar-refractivity contribution in [1.82, 2.24) is 0 Å². The molecule has 0 radical (unpaired) electrons. The minimum Gasteiger partial charge on any atom is -0.370 e. The Morgan fingerprint density at radius 3 is 1.48 bits per heavy atom. The molecule has 120 valence electrons. The molecule has 4 heterocycles. The molecule has 4 saturated heterocycles. The zero-order valence-electron chi connectivity index (χ0n) is 13.3. The monoisotopic (exact) mass is 298 g/mol. The van der Waals surface area contributed by atoms with Crippen molar-refractivity contribution in [3.63, 3.8) is 0 Å². The molecular weight excluding hydrogens is 272 g/mol. The van der Waals surface area contributed by atoms with Crippen molar-refractivity contribution >= 4 is 0 Å². The van der Waals surface area contributed by atoms with Crippen LogP contribution in [0.3, 0.4) is 0 Å². The predicted octanol–water partition coefficient (Wildman–Crippen LogP) is 1.67. The molecule has 4 fully saturated rings. The Morgan fingerprint density at radius 2 is 1.24 bits per heavy atom. The molecule has 8 atom stereocenters. The molecule has 0 amide bonds. The fourth-order valence-corrected chi connectivity index (χ4v) is 3.07. The van der Waals surface area contributed by atoms with E-state index in [-0.39, 0.29) is 23.4 Å². The highest BCUT2D eigenvalue weighted by atomic mass is 16.7. The molecule has 0 N–H and O–H groups in total. The molecule has 4 aliphatic heterocycles. The van der Waals surface area contributed by atoms with Crippen LogP contribution in [0.1, 0.15) is 40.5 Å². The van der Waals surface area contributed by atoms with Crippen LogP contribution < -0.4 is 0 Å². The normalized spacial score (nSPS) is 53.1. The van der Waals surface area contributed by atoms with Crippen molar-refractivity contribution < 1.29 is 23.7 Å². The first-order valence-corrected chi connectivity index (χ1v) is 8.14. The van der Waals surface area contributed by atoms with Crippen LogP contribution in [0.4, 0.5) is 0 Å². The highest BCUT2D eigenvalue weighted by Gasteiger charge is 2.57. The van der Waals surface area contributed by atoms with Gasteiger partial charge in [-0.15, -0.1) is 0 Å². The zero-order chi connectivity index (χ0) is 14.8. The van der Waals surface area contributed by atoms with E-state index in [4.69, 9.17) is 23.7 Å². The van der Waals surface area contributed by atoms with Gasteiger partial charge in [0.1, 0.15) is 11.2 Å². The van der Waals surface area contributed by atoms with E-state index in [0.717, 1.165) is 26.1 Å². The molecule has 8 unspecified atom stereocenters. The van der Waals surface area contributed by atoms with Gasteiger partial charge in [-0.3, -0.25) is 0 Å². The average molecular weight is 298 g/mol. The summed E-state index contributed by atoms with van der Waals surface area (Å²) in [4.78, 5) is 0. The molecule has 0 bridgehead atoms. The van der Waals surface area contributed by atoms with E-state index in [9.17, 15) is 0 Å². The highest BCUT2D eigenvalue weighted by molar-refractivity contribution is 5.04. The van der Waals surface area contributed by atoms with Crippen molar-refractivity contribution in [1.29, 1.82) is 0 Å². The van der Waals surface area contributed by atoms with Gasteiger partial charge in [0.25, 0.3) is 0 Å². The quantitative estimate of drug-likeness (QED) is 0.638. The second kappa shape index (κ2) is 4.65. The van der Waals surface area contributed by atoms with Crippen LogP contribution in [0.25, 0.3) is 0 Å². The molecule has 5 nitrogen and oxygen atoms in total. The van der Waals surface area contributed by atoms with Crippen LogP contribution in [0, 0.1) is 0 Å². The third-order valence-electron chi connectivity index (χ3n) is 5.46. The molecule has 0 aromatic rings. The molecule has 0 aromatic carbocycles. The number of hydrogen-bond donors (Lipinski definition) is 0. The second-order valence-corrected chi connectivity index (χ2v) is 7.55. The number of hydrogen-bond acceptors (Lipinski definition) is 5. The average Bonchev–Trinajstić information content (AvgIpc) is 3.17. The molecule has 0 aromatic heterocycles. The Balaban J connectivity index is 1.41. The largest absolute Gasteiger partial charge is 0.370 e. The molecule has 4 aliphatic rings. The summed E-state index contributed by atoms with van der Waals surface area (Å²) in [5.41, 5.74) is -0.295. The van der Waals surface area contributed by atoms with Gasteiger partial charge in [0.2, 0.25) is 0 Å². The van der Waals surface area contributed by atoms with E-state index in [1.807, 2.05) is 0 Å². The van der Waals surface area contributed by atoms with Crippen LogP contribution in [0.5, 0.6) is 0 Å². The van der Waals surface area contributed by atoms with Gasteiger partial charge < -0.3 is 23.7 Å². The van der Waals surface area contributed by atoms with Crippen LogP contribution in [0.2, 0.25) is 0 Å². The smallest absolute Gasteiger partial charge is 0.115 e. The Labute approximate surface area is 126 Å². The molecular formula is C16H26O5. The van der Waals surface area contributed by atoms with Gasteiger partial charge in [0.05, 0.1) is 49.8 Å². The SMILES string of the molecule is CC1OC1CC(OC(CC1OC1C)C1(C)CO1)C1(C)CO1. The first-order valence-electron chi connectivity index (χ1n) is 8.14. The zero-order valence-corrected chi connectivity index (χ0v) is 13.3. The third kappa shape index (κ3) is 2.99. The topological polar surface area (TPSA) is 59.4 Å². The van der Waals surface area contributed by atoms with Crippen LogP contribution in [-0.4, -0.2) is 61.0 Å². The van der Waals surface area contributed by atoms with Crippen molar-refractivity contribution in [2.24, 2.45) is 0 Å². The Hall–Kier alpha value is -0.200. The lowest BCUT2D eigenvalue weighted by atomic mass is 9.96. The van der Waals surface area contributed by atoms with Gasteiger partial charge >= 0.3 is 0 Å². The molecule has 0 saturated carbocycles. The summed E-state index contributed by atoms with van der Waals surface area (Å²) >= 11 is 0. The summed E-state index contributed by atoms with van der Waals surface area (Å²) in [6, 6.07) is 0. The number of rotatable bonds is 8. The first-order chi connectivity index (χ1) is 9.90. The maximum atomic E-state index is 6.49. The van der Waals surface area contributed by atoms with E-state index in [1.165, 1.54) is 0 Å². The minimum absolute atomic E-state index is 0.0764. The van der Waals surface area contributed by atoms with E-state index in [2.05, 4.69) is 27.7 Å². The summed E-state index contributed by atoms with van der Waals surface area (Å²) in [5, 5.41) is 0. The fourth-order valence-electron chi connectivity index (χ4n) is 3.07. The Morgan fingerprint density at radius 1 is 0.905 bits per heavy atom. The van der Waals surface area contributed by atoms with Gasteiger partial charge in [-0.25, -0.2) is 0 Å². The molecule has 0 aliphatic carbocycles. The minimum atomic E-state index is -0.148. The van der Waals surface area contributed by atoms with E-state index in [1.54, 1.807) is 0 Å². The molecule has 21 heavy (non-hydrogen) atoms. The number of epoxide rings is 4.